The van der Waals surface area contributed by atoms with Crippen LogP contribution in [-0.2, 0) is 17.6 Å². The third-order valence-electron chi connectivity index (χ3n) is 7.83. The number of amides is 1. The van der Waals surface area contributed by atoms with Crippen LogP contribution >= 0.6 is 0 Å². The van der Waals surface area contributed by atoms with Crippen molar-refractivity contribution in [2.75, 3.05) is 20.2 Å². The Morgan fingerprint density at radius 1 is 1.12 bits per heavy atom. The molecule has 1 unspecified atom stereocenters. The summed E-state index contributed by atoms with van der Waals surface area (Å²) in [4.78, 5) is 19.6. The number of likely N-dealkylation sites (tertiary alicyclic amines) is 1. The smallest absolute Gasteiger partial charge is 0.275 e. The minimum absolute atomic E-state index is 0. The molecule has 232 valence electrons. The zero-order chi connectivity index (χ0) is 30.1. The zero-order valence-corrected chi connectivity index (χ0v) is 25.7. The lowest BCUT2D eigenvalue weighted by molar-refractivity contribution is -0.126. The van der Waals surface area contributed by atoms with Gasteiger partial charge in [-0.1, -0.05) is 57.5 Å². The molecule has 0 aliphatic carbocycles. The number of hydrogen-bond acceptors (Lipinski definition) is 4. The van der Waals surface area contributed by atoms with Crippen molar-refractivity contribution in [2.45, 2.75) is 72.6 Å². The maximum atomic E-state index is 15.9. The van der Waals surface area contributed by atoms with Gasteiger partial charge in [-0.05, 0) is 86.3 Å². The molecule has 2 aromatic rings. The first-order valence-electron chi connectivity index (χ1n) is 14.7. The number of ether oxygens (including phenoxy) is 1. The number of aryl methyl sites for hydroxylation is 2. The number of nitrogens with zero attached hydrogens (tertiary/aromatic N) is 2. The van der Waals surface area contributed by atoms with Gasteiger partial charge in [0.1, 0.15) is 11.6 Å². The fraction of sp³-hybridized carbons (Fsp3) is 0.471. The van der Waals surface area contributed by atoms with E-state index in [0.717, 1.165) is 24.8 Å². The predicted octanol–water partition coefficient (Wildman–Crippen LogP) is 8.80. The molecule has 3 N–H and O–H groups in total. The van der Waals surface area contributed by atoms with E-state index in [0.29, 0.717) is 54.8 Å². The van der Waals surface area contributed by atoms with Crippen LogP contribution in [-0.4, -0.2) is 36.7 Å². The lowest BCUT2D eigenvalue weighted by atomic mass is 9.87. The second kappa shape index (κ2) is 16.3. The van der Waals surface area contributed by atoms with Crippen LogP contribution in [0.15, 0.2) is 65.1 Å². The Balaban J connectivity index is 0.00000226. The maximum Gasteiger partial charge on any atom is 0.275 e. The third-order valence-corrected chi connectivity index (χ3v) is 7.83. The first-order valence-corrected chi connectivity index (χ1v) is 14.7. The van der Waals surface area contributed by atoms with Gasteiger partial charge in [0.2, 0.25) is 0 Å². The highest BCUT2D eigenvalue weighted by Crippen LogP contribution is 2.35. The van der Waals surface area contributed by atoms with Gasteiger partial charge in [-0.15, -0.1) is 0 Å². The van der Waals surface area contributed by atoms with Crippen molar-refractivity contribution in [3.63, 3.8) is 0 Å². The van der Waals surface area contributed by atoms with Gasteiger partial charge in [0.15, 0.2) is 17.3 Å². The molecule has 0 spiro atoms. The van der Waals surface area contributed by atoms with Crippen LogP contribution < -0.4 is 10.9 Å². The Labute approximate surface area is 250 Å². The zero-order valence-electron chi connectivity index (χ0n) is 25.7. The molecule has 0 saturated carbocycles. The van der Waals surface area contributed by atoms with Crippen molar-refractivity contribution in [1.29, 1.82) is 0 Å². The molecule has 8 heteroatoms. The molecule has 2 aliphatic heterocycles. The molecule has 42 heavy (non-hydrogen) atoms. The fourth-order valence-corrected chi connectivity index (χ4v) is 5.31. The van der Waals surface area contributed by atoms with Crippen LogP contribution in [0.3, 0.4) is 0 Å². The Kier molecular flexibility index (Phi) is 13.5. The van der Waals surface area contributed by atoms with Gasteiger partial charge in [0, 0.05) is 26.1 Å². The topological polar surface area (TPSA) is 76.9 Å². The quantitative estimate of drug-likeness (QED) is 0.282. The first kappa shape index (κ1) is 34.8. The van der Waals surface area contributed by atoms with E-state index >= 15 is 4.39 Å². The maximum absolute atomic E-state index is 15.9. The predicted molar refractivity (Wildman–Crippen MR) is 167 cm³/mol. The van der Waals surface area contributed by atoms with E-state index in [1.54, 1.807) is 29.2 Å². The molecule has 5 nitrogen and oxygen atoms in total. The number of methoxy groups -OCH3 is 1. The number of halogens is 3. The molecule has 2 aromatic carbocycles. The fourth-order valence-electron chi connectivity index (χ4n) is 5.31. The van der Waals surface area contributed by atoms with Gasteiger partial charge in [0.25, 0.3) is 5.91 Å². The number of unbranched alkanes of at least 4 members (excludes halogenated alkanes) is 1. The summed E-state index contributed by atoms with van der Waals surface area (Å²) in [5, 5.41) is 0. The minimum atomic E-state index is -0.635. The van der Waals surface area contributed by atoms with Crippen LogP contribution in [0.2, 0.25) is 0 Å². The summed E-state index contributed by atoms with van der Waals surface area (Å²) in [5.74, 6) is -2.12. The molecule has 2 aliphatic rings. The van der Waals surface area contributed by atoms with Gasteiger partial charge in [-0.25, -0.2) is 18.2 Å². The average molecular weight is 588 g/mol. The van der Waals surface area contributed by atoms with Gasteiger partial charge in [-0.2, -0.15) is 0 Å². The Morgan fingerprint density at radius 2 is 1.86 bits per heavy atom. The number of rotatable bonds is 10. The molecule has 1 fully saturated rings. The molecule has 4 rings (SSSR count). The molecule has 0 aromatic heterocycles. The Morgan fingerprint density at radius 3 is 2.45 bits per heavy atom. The highest BCUT2D eigenvalue weighted by atomic mass is 19.1. The van der Waals surface area contributed by atoms with E-state index in [1.165, 1.54) is 19.2 Å². The average Bonchev–Trinajstić information content (AvgIpc) is 3.48. The van der Waals surface area contributed by atoms with Crippen molar-refractivity contribution in [3.05, 3.63) is 88.4 Å². The second-order valence-corrected chi connectivity index (χ2v) is 10.7. The highest BCUT2D eigenvalue weighted by molar-refractivity contribution is 6.06. The van der Waals surface area contributed by atoms with E-state index in [-0.39, 0.29) is 37.2 Å². The van der Waals surface area contributed by atoms with E-state index in [2.05, 4.69) is 18.5 Å². The monoisotopic (exact) mass is 587 g/mol. The summed E-state index contributed by atoms with van der Waals surface area (Å²) < 4.78 is 50.0. The van der Waals surface area contributed by atoms with Crippen LogP contribution in [0.5, 0.6) is 5.75 Å². The summed E-state index contributed by atoms with van der Waals surface area (Å²) in [6, 6.07) is 9.69. The van der Waals surface area contributed by atoms with Crippen molar-refractivity contribution in [3.8, 4) is 5.75 Å². The van der Waals surface area contributed by atoms with Gasteiger partial charge in [-0.3, -0.25) is 4.79 Å². The summed E-state index contributed by atoms with van der Waals surface area (Å²) in [5.41, 5.74) is 3.16. The number of aliphatic imine (C=N–C) groups is 1. The van der Waals surface area contributed by atoms with E-state index in [9.17, 15) is 13.6 Å². The van der Waals surface area contributed by atoms with Crippen LogP contribution in [0, 0.1) is 23.5 Å². The van der Waals surface area contributed by atoms with Crippen LogP contribution in [0.25, 0.3) is 0 Å². The van der Waals surface area contributed by atoms with Gasteiger partial charge >= 0.3 is 0 Å². The van der Waals surface area contributed by atoms with E-state index in [4.69, 9.17) is 4.74 Å². The number of carbonyl (C=O) groups excluding carboxylic acids is 1. The third kappa shape index (κ3) is 8.34. The normalized spacial score (nSPS) is 18.1. The first-order chi connectivity index (χ1) is 19.7. The van der Waals surface area contributed by atoms with Crippen molar-refractivity contribution in [1.82, 2.24) is 11.1 Å². The highest BCUT2D eigenvalue weighted by Gasteiger charge is 2.35. The molecular weight excluding hydrogens is 539 g/mol. The summed E-state index contributed by atoms with van der Waals surface area (Å²) in [6.45, 7) is 13.0. The molecular formula is C34H48F3N3O2. The van der Waals surface area contributed by atoms with Crippen molar-refractivity contribution < 1.29 is 24.1 Å². The van der Waals surface area contributed by atoms with Crippen molar-refractivity contribution in [2.24, 2.45) is 16.8 Å². The molecule has 2 atom stereocenters. The molecule has 2 heterocycles. The van der Waals surface area contributed by atoms with E-state index in [1.807, 2.05) is 20.8 Å². The number of benzene rings is 2. The van der Waals surface area contributed by atoms with Crippen LogP contribution in [0.1, 0.15) is 77.9 Å². The second-order valence-electron chi connectivity index (χ2n) is 10.7. The number of carbonyl (C=O) groups is 1. The SMILES string of the molecule is C=C(C)[C@H]1CCN(C(=O)C2=C(F)C(CCc3ccc(OC)c(F)c3)CC(c3ccc(CCCC)c(F)c3)=N2)C1.CC.N.[HH]. The summed E-state index contributed by atoms with van der Waals surface area (Å²) in [6.07, 6.45) is 4.25. The molecule has 0 bridgehead atoms. The molecule has 1 amide bonds. The van der Waals surface area contributed by atoms with E-state index < -0.39 is 23.5 Å². The Bertz CT molecular complexity index is 1310. The minimum Gasteiger partial charge on any atom is -0.494 e. The lowest BCUT2D eigenvalue weighted by Crippen LogP contribution is -2.32. The van der Waals surface area contributed by atoms with Gasteiger partial charge < -0.3 is 15.8 Å². The van der Waals surface area contributed by atoms with Crippen molar-refractivity contribution >= 4 is 11.6 Å². The van der Waals surface area contributed by atoms with Crippen LogP contribution in [0.4, 0.5) is 13.2 Å². The summed E-state index contributed by atoms with van der Waals surface area (Å²) >= 11 is 0. The standard InChI is InChI=1S/C32H37F3N2O2.C2H6.H3N.H2/c1-5-6-7-22-11-12-23(17-26(22)33)28-18-24(10-8-21-9-13-29(39-4)27(34)16-21)30(35)31(36-28)32(38)37-15-14-25(19-37)20(2)3;1-2;;/h9,11-13,16-17,24-25H,2,5-8,10,14-15,18-19H2,1,3-4H3;1-2H3;1H3;1H/t24?,25-;;;/m0.../s1. The molecule has 1 saturated heterocycles. The van der Waals surface area contributed by atoms with Gasteiger partial charge in [0.05, 0.1) is 7.11 Å². The number of allylic oxidation sites excluding steroid dienone is 1. The number of hydrogen-bond donors (Lipinski definition) is 1. The largest absolute Gasteiger partial charge is 0.494 e. The lowest BCUT2D eigenvalue weighted by Gasteiger charge is -2.25. The molecule has 0 radical (unpaired) electrons. The Hall–Kier alpha value is -3.39. The summed E-state index contributed by atoms with van der Waals surface area (Å²) in [7, 11) is 1.40.